The molecule has 14 heavy (non-hydrogen) atoms. The van der Waals surface area contributed by atoms with Crippen molar-refractivity contribution in [2.75, 3.05) is 5.73 Å². The van der Waals surface area contributed by atoms with E-state index in [9.17, 15) is 4.79 Å². The number of rotatable bonds is 1. The number of aromatic amines is 1. The molecular formula is C8H9N5O. The molecule has 0 aliphatic rings. The molecule has 0 fully saturated rings. The van der Waals surface area contributed by atoms with Crippen LogP contribution in [-0.2, 0) is 7.05 Å². The molecule has 0 atom stereocenters. The van der Waals surface area contributed by atoms with E-state index >= 15 is 0 Å². The molecule has 72 valence electrons. The first-order chi connectivity index (χ1) is 6.68. The van der Waals surface area contributed by atoms with Crippen LogP contribution < -0.4 is 11.3 Å². The molecular weight excluding hydrogens is 182 g/mol. The average molecular weight is 191 g/mol. The Morgan fingerprint density at radius 3 is 2.86 bits per heavy atom. The van der Waals surface area contributed by atoms with Crippen molar-refractivity contribution >= 4 is 5.82 Å². The average Bonchev–Trinajstić information content (AvgIpc) is 2.48. The molecule has 6 nitrogen and oxygen atoms in total. The van der Waals surface area contributed by atoms with Crippen molar-refractivity contribution in [1.82, 2.24) is 19.5 Å². The van der Waals surface area contributed by atoms with Crippen molar-refractivity contribution in [2.45, 2.75) is 0 Å². The van der Waals surface area contributed by atoms with Crippen molar-refractivity contribution in [3.63, 3.8) is 0 Å². The molecule has 6 heteroatoms. The van der Waals surface area contributed by atoms with Crippen molar-refractivity contribution < 1.29 is 0 Å². The van der Waals surface area contributed by atoms with E-state index in [2.05, 4.69) is 15.0 Å². The molecule has 0 amide bonds. The van der Waals surface area contributed by atoms with Gasteiger partial charge in [0, 0.05) is 19.3 Å². The summed E-state index contributed by atoms with van der Waals surface area (Å²) in [6.45, 7) is 0. The summed E-state index contributed by atoms with van der Waals surface area (Å²) in [6.07, 6.45) is 2.99. The van der Waals surface area contributed by atoms with Crippen LogP contribution >= 0.6 is 0 Å². The monoisotopic (exact) mass is 191 g/mol. The Balaban J connectivity index is 2.60. The predicted molar refractivity (Wildman–Crippen MR) is 51.5 cm³/mol. The number of nitrogens with zero attached hydrogens (tertiary/aromatic N) is 3. The molecule has 2 aromatic rings. The Kier molecular flexibility index (Phi) is 1.81. The first-order valence-corrected chi connectivity index (χ1v) is 4.01. The Bertz CT molecular complexity index is 512. The Morgan fingerprint density at radius 1 is 1.50 bits per heavy atom. The standard InChI is InChI=1S/C8H9N5O/c1-13-4-11-6(7(13)9)8-10-3-2-5(14)12-8/h2-4H,9H2,1H3,(H,10,12,14). The molecule has 0 spiro atoms. The first kappa shape index (κ1) is 8.49. The molecule has 0 bridgehead atoms. The van der Waals surface area contributed by atoms with Gasteiger partial charge in [-0.3, -0.25) is 4.79 Å². The zero-order valence-corrected chi connectivity index (χ0v) is 7.56. The van der Waals surface area contributed by atoms with Crippen LogP contribution in [0.5, 0.6) is 0 Å². The van der Waals surface area contributed by atoms with Gasteiger partial charge >= 0.3 is 0 Å². The van der Waals surface area contributed by atoms with E-state index in [0.717, 1.165) is 0 Å². The Labute approximate surface area is 79.4 Å². The molecule has 0 saturated carbocycles. The number of nitrogens with one attached hydrogen (secondary N) is 1. The highest BCUT2D eigenvalue weighted by Crippen LogP contribution is 2.17. The van der Waals surface area contributed by atoms with Crippen molar-refractivity contribution in [2.24, 2.45) is 7.05 Å². The van der Waals surface area contributed by atoms with Gasteiger partial charge in [-0.2, -0.15) is 0 Å². The molecule has 0 aliphatic heterocycles. The van der Waals surface area contributed by atoms with E-state index in [1.54, 1.807) is 17.9 Å². The molecule has 0 aromatic carbocycles. The highest BCUT2D eigenvalue weighted by atomic mass is 16.1. The second kappa shape index (κ2) is 2.99. The van der Waals surface area contributed by atoms with Gasteiger partial charge in [-0.25, -0.2) is 9.97 Å². The van der Waals surface area contributed by atoms with Gasteiger partial charge in [0.1, 0.15) is 11.5 Å². The third-order valence-corrected chi connectivity index (χ3v) is 1.88. The van der Waals surface area contributed by atoms with E-state index in [1.807, 2.05) is 0 Å². The lowest BCUT2D eigenvalue weighted by Gasteiger charge is -1.98. The van der Waals surface area contributed by atoms with Gasteiger partial charge in [-0.05, 0) is 0 Å². The zero-order chi connectivity index (χ0) is 10.1. The fourth-order valence-corrected chi connectivity index (χ4v) is 1.11. The van der Waals surface area contributed by atoms with Crippen molar-refractivity contribution in [3.8, 4) is 11.5 Å². The SMILES string of the molecule is Cn1cnc(-c2nccc(=O)[nH]2)c1N. The number of nitrogens with two attached hydrogens (primary N) is 1. The zero-order valence-electron chi connectivity index (χ0n) is 7.56. The van der Waals surface area contributed by atoms with Gasteiger partial charge in [0.2, 0.25) is 0 Å². The smallest absolute Gasteiger partial charge is 0.251 e. The lowest BCUT2D eigenvalue weighted by Crippen LogP contribution is -2.07. The van der Waals surface area contributed by atoms with Gasteiger partial charge < -0.3 is 15.3 Å². The number of aromatic nitrogens is 4. The minimum absolute atomic E-state index is 0.222. The van der Waals surface area contributed by atoms with Crippen LogP contribution in [0.1, 0.15) is 0 Å². The topological polar surface area (TPSA) is 89.6 Å². The molecule has 0 saturated heterocycles. The van der Waals surface area contributed by atoms with Crippen LogP contribution in [0.15, 0.2) is 23.4 Å². The molecule has 2 heterocycles. The summed E-state index contributed by atoms with van der Waals surface area (Å²) in [4.78, 5) is 21.6. The lowest BCUT2D eigenvalue weighted by molar-refractivity contribution is 0.925. The van der Waals surface area contributed by atoms with Crippen LogP contribution in [0.25, 0.3) is 11.5 Å². The fourth-order valence-electron chi connectivity index (χ4n) is 1.11. The van der Waals surface area contributed by atoms with Gasteiger partial charge in [-0.15, -0.1) is 0 Å². The molecule has 2 rings (SSSR count). The molecule has 0 radical (unpaired) electrons. The van der Waals surface area contributed by atoms with Crippen LogP contribution in [0.4, 0.5) is 5.82 Å². The second-order valence-corrected chi connectivity index (χ2v) is 2.87. The number of nitrogen functional groups attached to an aromatic ring is 1. The van der Waals surface area contributed by atoms with E-state index < -0.39 is 0 Å². The van der Waals surface area contributed by atoms with Crippen molar-refractivity contribution in [1.29, 1.82) is 0 Å². The quantitative estimate of drug-likeness (QED) is 0.650. The van der Waals surface area contributed by atoms with Crippen LogP contribution in [0.3, 0.4) is 0 Å². The highest BCUT2D eigenvalue weighted by Gasteiger charge is 2.09. The van der Waals surface area contributed by atoms with E-state index in [4.69, 9.17) is 5.73 Å². The summed E-state index contributed by atoms with van der Waals surface area (Å²) in [5.41, 5.74) is 5.99. The van der Waals surface area contributed by atoms with Gasteiger partial charge in [0.15, 0.2) is 5.82 Å². The number of imidazole rings is 1. The number of anilines is 1. The minimum atomic E-state index is -0.222. The number of hydrogen-bond donors (Lipinski definition) is 2. The number of H-pyrrole nitrogens is 1. The summed E-state index contributed by atoms with van der Waals surface area (Å²) in [6, 6.07) is 1.34. The third kappa shape index (κ3) is 1.26. The van der Waals surface area contributed by atoms with E-state index in [0.29, 0.717) is 17.3 Å². The van der Waals surface area contributed by atoms with Crippen LogP contribution in [-0.4, -0.2) is 19.5 Å². The van der Waals surface area contributed by atoms with Crippen LogP contribution in [0.2, 0.25) is 0 Å². The van der Waals surface area contributed by atoms with Gasteiger partial charge in [0.05, 0.1) is 6.33 Å². The minimum Gasteiger partial charge on any atom is -0.383 e. The predicted octanol–water partition coefficient (Wildman–Crippen LogP) is -0.247. The number of aryl methyl sites for hydroxylation is 1. The van der Waals surface area contributed by atoms with Crippen LogP contribution in [0, 0.1) is 0 Å². The van der Waals surface area contributed by atoms with E-state index in [-0.39, 0.29) is 5.56 Å². The summed E-state index contributed by atoms with van der Waals surface area (Å²) < 4.78 is 1.66. The summed E-state index contributed by atoms with van der Waals surface area (Å²) >= 11 is 0. The summed E-state index contributed by atoms with van der Waals surface area (Å²) in [5, 5.41) is 0. The Morgan fingerprint density at radius 2 is 2.29 bits per heavy atom. The van der Waals surface area contributed by atoms with Gasteiger partial charge in [0.25, 0.3) is 5.56 Å². The first-order valence-electron chi connectivity index (χ1n) is 4.01. The normalized spacial score (nSPS) is 10.4. The lowest BCUT2D eigenvalue weighted by atomic mass is 10.4. The summed E-state index contributed by atoms with van der Waals surface area (Å²) in [5.74, 6) is 0.856. The third-order valence-electron chi connectivity index (χ3n) is 1.88. The largest absolute Gasteiger partial charge is 0.383 e. The summed E-state index contributed by atoms with van der Waals surface area (Å²) in [7, 11) is 1.77. The molecule has 0 unspecified atom stereocenters. The maximum Gasteiger partial charge on any atom is 0.251 e. The van der Waals surface area contributed by atoms with E-state index in [1.165, 1.54) is 12.3 Å². The second-order valence-electron chi connectivity index (χ2n) is 2.87. The molecule has 3 N–H and O–H groups in total. The Hall–Kier alpha value is -2.11. The molecule has 0 aliphatic carbocycles. The van der Waals surface area contributed by atoms with Crippen molar-refractivity contribution in [3.05, 3.63) is 28.9 Å². The highest BCUT2D eigenvalue weighted by molar-refractivity contribution is 5.63. The maximum atomic E-state index is 11.0. The molecule has 2 aromatic heterocycles. The van der Waals surface area contributed by atoms with Gasteiger partial charge in [-0.1, -0.05) is 0 Å². The maximum absolute atomic E-state index is 11.0. The fraction of sp³-hybridized carbons (Fsp3) is 0.125. The number of hydrogen-bond acceptors (Lipinski definition) is 4.